The van der Waals surface area contributed by atoms with Gasteiger partial charge in [-0.3, -0.25) is 0 Å². The Morgan fingerprint density at radius 2 is 2.31 bits per heavy atom. The summed E-state index contributed by atoms with van der Waals surface area (Å²) in [4.78, 5) is 8.33. The predicted octanol–water partition coefficient (Wildman–Crippen LogP) is 1.83. The maximum Gasteiger partial charge on any atom is 0.106 e. The van der Waals surface area contributed by atoms with E-state index in [0.29, 0.717) is 0 Å². The third-order valence-corrected chi connectivity index (χ3v) is 2.63. The highest BCUT2D eigenvalue weighted by atomic mass is 79.9. The van der Waals surface area contributed by atoms with Crippen LogP contribution in [0.4, 0.5) is 0 Å². The van der Waals surface area contributed by atoms with E-state index < -0.39 is 0 Å². The number of halogens is 1. The van der Waals surface area contributed by atoms with Gasteiger partial charge >= 0.3 is 0 Å². The zero-order chi connectivity index (χ0) is 11.2. The van der Waals surface area contributed by atoms with Crippen LogP contribution in [0.5, 0.6) is 0 Å². The summed E-state index contributed by atoms with van der Waals surface area (Å²) in [5, 5.41) is 3.34. The third-order valence-electron chi connectivity index (χ3n) is 2.18. The minimum Gasteiger partial charge on any atom is -0.336 e. The lowest BCUT2D eigenvalue weighted by molar-refractivity contribution is 0.592. The second-order valence-corrected chi connectivity index (χ2v) is 4.24. The Balaban J connectivity index is 1.72. The molecule has 84 valence electrons. The summed E-state index contributed by atoms with van der Waals surface area (Å²) in [6.07, 6.45) is 5.56. The molecule has 0 fully saturated rings. The van der Waals surface area contributed by atoms with Gasteiger partial charge in [0.25, 0.3) is 0 Å². The Hall–Kier alpha value is -1.20. The summed E-state index contributed by atoms with van der Waals surface area (Å²) < 4.78 is 2.92. The molecule has 0 aliphatic carbocycles. The van der Waals surface area contributed by atoms with Crippen LogP contribution in [0.1, 0.15) is 5.69 Å². The molecule has 2 aromatic heterocycles. The summed E-state index contributed by atoms with van der Waals surface area (Å²) >= 11 is 3.35. The second kappa shape index (κ2) is 5.77. The number of nitrogens with zero attached hydrogens (tertiary/aromatic N) is 3. The molecule has 0 atom stereocenters. The van der Waals surface area contributed by atoms with Gasteiger partial charge in [-0.2, -0.15) is 0 Å². The molecular formula is C11H13BrN4. The van der Waals surface area contributed by atoms with Crippen molar-refractivity contribution >= 4 is 15.9 Å². The van der Waals surface area contributed by atoms with Crippen molar-refractivity contribution in [2.75, 3.05) is 6.54 Å². The normalized spacial score (nSPS) is 10.6. The largest absolute Gasteiger partial charge is 0.336 e. The number of hydrogen-bond donors (Lipinski definition) is 1. The molecular weight excluding hydrogens is 268 g/mol. The molecule has 0 bridgehead atoms. The van der Waals surface area contributed by atoms with Crippen molar-refractivity contribution in [3.63, 3.8) is 0 Å². The standard InChI is InChI=1S/C11H13BrN4/c12-11-3-1-2-10(15-11)8-13-4-6-16-7-5-14-9-16/h1-3,5,7,9,13H,4,6,8H2. The average Bonchev–Trinajstić information content (AvgIpc) is 2.77. The fourth-order valence-electron chi connectivity index (χ4n) is 1.39. The van der Waals surface area contributed by atoms with Crippen molar-refractivity contribution in [1.29, 1.82) is 0 Å². The maximum atomic E-state index is 4.34. The van der Waals surface area contributed by atoms with Crippen LogP contribution in [0.3, 0.4) is 0 Å². The Kier molecular flexibility index (Phi) is 4.07. The molecule has 4 nitrogen and oxygen atoms in total. The highest BCUT2D eigenvalue weighted by molar-refractivity contribution is 9.10. The first-order valence-corrected chi connectivity index (χ1v) is 5.92. The van der Waals surface area contributed by atoms with E-state index in [1.807, 2.05) is 35.3 Å². The molecule has 2 aromatic rings. The Bertz CT molecular complexity index is 427. The number of pyridine rings is 1. The van der Waals surface area contributed by atoms with Crippen molar-refractivity contribution in [3.05, 3.63) is 47.2 Å². The number of hydrogen-bond acceptors (Lipinski definition) is 3. The van der Waals surface area contributed by atoms with Crippen molar-refractivity contribution < 1.29 is 0 Å². The molecule has 0 saturated heterocycles. The summed E-state index contributed by atoms with van der Waals surface area (Å²) in [5.74, 6) is 0. The predicted molar refractivity (Wildman–Crippen MR) is 65.9 cm³/mol. The van der Waals surface area contributed by atoms with E-state index in [1.54, 1.807) is 6.20 Å². The minimum atomic E-state index is 0.786. The van der Waals surface area contributed by atoms with Gasteiger partial charge in [0.2, 0.25) is 0 Å². The highest BCUT2D eigenvalue weighted by Gasteiger charge is 1.95. The van der Waals surface area contributed by atoms with Crippen LogP contribution in [-0.2, 0) is 13.1 Å². The maximum absolute atomic E-state index is 4.34. The van der Waals surface area contributed by atoms with Crippen molar-refractivity contribution in [2.45, 2.75) is 13.1 Å². The van der Waals surface area contributed by atoms with Gasteiger partial charge in [-0.1, -0.05) is 6.07 Å². The van der Waals surface area contributed by atoms with Crippen molar-refractivity contribution in [3.8, 4) is 0 Å². The van der Waals surface area contributed by atoms with Gasteiger partial charge in [-0.15, -0.1) is 0 Å². The lowest BCUT2D eigenvalue weighted by Crippen LogP contribution is -2.19. The van der Waals surface area contributed by atoms with E-state index in [9.17, 15) is 0 Å². The highest BCUT2D eigenvalue weighted by Crippen LogP contribution is 2.05. The molecule has 16 heavy (non-hydrogen) atoms. The van der Waals surface area contributed by atoms with E-state index in [2.05, 4.69) is 31.2 Å². The van der Waals surface area contributed by atoms with E-state index in [1.165, 1.54) is 0 Å². The first-order chi connectivity index (χ1) is 7.84. The lowest BCUT2D eigenvalue weighted by Gasteiger charge is -2.05. The summed E-state index contributed by atoms with van der Waals surface area (Å²) in [6.45, 7) is 2.62. The lowest BCUT2D eigenvalue weighted by atomic mass is 10.3. The smallest absolute Gasteiger partial charge is 0.106 e. The summed E-state index contributed by atoms with van der Waals surface area (Å²) in [7, 11) is 0. The Labute approximate surface area is 103 Å². The number of rotatable bonds is 5. The number of aromatic nitrogens is 3. The fraction of sp³-hybridized carbons (Fsp3) is 0.273. The molecule has 0 saturated carbocycles. The zero-order valence-electron chi connectivity index (χ0n) is 8.81. The van der Waals surface area contributed by atoms with Crippen LogP contribution in [-0.4, -0.2) is 21.1 Å². The van der Waals surface area contributed by atoms with Crippen LogP contribution in [0.2, 0.25) is 0 Å². The second-order valence-electron chi connectivity index (χ2n) is 3.43. The fourth-order valence-corrected chi connectivity index (χ4v) is 1.77. The third kappa shape index (κ3) is 3.43. The van der Waals surface area contributed by atoms with Gasteiger partial charge in [0, 0.05) is 32.0 Å². The van der Waals surface area contributed by atoms with Gasteiger partial charge in [-0.05, 0) is 28.1 Å². The van der Waals surface area contributed by atoms with Crippen molar-refractivity contribution in [1.82, 2.24) is 19.9 Å². The quantitative estimate of drug-likeness (QED) is 0.671. The van der Waals surface area contributed by atoms with Gasteiger partial charge in [0.05, 0.1) is 12.0 Å². The van der Waals surface area contributed by atoms with Crippen molar-refractivity contribution in [2.24, 2.45) is 0 Å². The molecule has 0 aliphatic rings. The average molecular weight is 281 g/mol. The number of nitrogens with one attached hydrogen (secondary N) is 1. The summed E-state index contributed by atoms with van der Waals surface area (Å²) in [6, 6.07) is 5.92. The molecule has 5 heteroatoms. The van der Waals surface area contributed by atoms with Crippen LogP contribution in [0.15, 0.2) is 41.5 Å². The first-order valence-electron chi connectivity index (χ1n) is 5.12. The minimum absolute atomic E-state index is 0.786. The van der Waals surface area contributed by atoms with Crippen LogP contribution >= 0.6 is 15.9 Å². The molecule has 0 aliphatic heterocycles. The van der Waals surface area contributed by atoms with Crippen LogP contribution < -0.4 is 5.32 Å². The van der Waals surface area contributed by atoms with E-state index in [0.717, 1.165) is 29.9 Å². The molecule has 0 amide bonds. The molecule has 0 aromatic carbocycles. The molecule has 1 N–H and O–H groups in total. The van der Waals surface area contributed by atoms with E-state index in [-0.39, 0.29) is 0 Å². The van der Waals surface area contributed by atoms with Crippen LogP contribution in [0.25, 0.3) is 0 Å². The zero-order valence-corrected chi connectivity index (χ0v) is 10.4. The van der Waals surface area contributed by atoms with E-state index in [4.69, 9.17) is 0 Å². The molecule has 0 radical (unpaired) electrons. The van der Waals surface area contributed by atoms with Crippen LogP contribution in [0, 0.1) is 0 Å². The summed E-state index contributed by atoms with van der Waals surface area (Å²) in [5.41, 5.74) is 1.04. The Morgan fingerprint density at radius 3 is 3.06 bits per heavy atom. The van der Waals surface area contributed by atoms with Gasteiger partial charge in [0.1, 0.15) is 4.60 Å². The van der Waals surface area contributed by atoms with E-state index >= 15 is 0 Å². The first kappa shape index (κ1) is 11.3. The Morgan fingerprint density at radius 1 is 1.38 bits per heavy atom. The van der Waals surface area contributed by atoms with Gasteiger partial charge in [-0.25, -0.2) is 9.97 Å². The van der Waals surface area contributed by atoms with Gasteiger partial charge < -0.3 is 9.88 Å². The number of imidazole rings is 1. The van der Waals surface area contributed by atoms with Gasteiger partial charge in [0.15, 0.2) is 0 Å². The molecule has 0 spiro atoms. The SMILES string of the molecule is Brc1cccc(CNCCn2ccnc2)n1. The molecule has 2 heterocycles. The molecule has 0 unspecified atom stereocenters. The molecule has 2 rings (SSSR count). The topological polar surface area (TPSA) is 42.7 Å². The monoisotopic (exact) mass is 280 g/mol.